The number of hydrogen-bond acceptors (Lipinski definition) is 1. The summed E-state index contributed by atoms with van der Waals surface area (Å²) in [5.41, 5.74) is 0. The fourth-order valence-corrected chi connectivity index (χ4v) is 10.9. The summed E-state index contributed by atoms with van der Waals surface area (Å²) in [5.74, 6) is -10.9. The van der Waals surface area contributed by atoms with Crippen LogP contribution in [0.25, 0.3) is 0 Å². The summed E-state index contributed by atoms with van der Waals surface area (Å²) in [7, 11) is 0. The molecular formula is C18H28F5OP. The molecule has 0 fully saturated rings. The summed E-state index contributed by atoms with van der Waals surface area (Å²) >= 11 is 0. The molecule has 0 spiro atoms. The van der Waals surface area contributed by atoms with Gasteiger partial charge in [0.2, 0.25) is 0 Å². The molecule has 7 heteroatoms. The maximum atomic E-state index is 14.2. The molecule has 1 aromatic carbocycles. The second-order valence-corrected chi connectivity index (χ2v) is 12.4. The molecule has 25 heavy (non-hydrogen) atoms. The van der Waals surface area contributed by atoms with Crippen molar-refractivity contribution in [1.29, 1.82) is 0 Å². The Bertz CT molecular complexity index is 541. The van der Waals surface area contributed by atoms with Gasteiger partial charge < -0.3 is 0 Å². The number of rotatable bonds is 10. The van der Waals surface area contributed by atoms with Gasteiger partial charge >= 0.3 is 146 Å². The van der Waals surface area contributed by atoms with Crippen LogP contribution in [0.4, 0.5) is 22.0 Å². The third kappa shape index (κ3) is 4.27. The molecule has 0 radical (unpaired) electrons. The van der Waals surface area contributed by atoms with E-state index in [-0.39, 0.29) is 0 Å². The van der Waals surface area contributed by atoms with Crippen LogP contribution in [-0.2, 0) is 0 Å². The van der Waals surface area contributed by atoms with Crippen LogP contribution < -0.4 is 4.52 Å². The Morgan fingerprint density at radius 1 is 0.560 bits per heavy atom. The van der Waals surface area contributed by atoms with E-state index in [0.29, 0.717) is 24.6 Å². The molecule has 0 N–H and O–H groups in total. The van der Waals surface area contributed by atoms with Crippen molar-refractivity contribution < 1.29 is 26.5 Å². The van der Waals surface area contributed by atoms with Crippen LogP contribution in [0.15, 0.2) is 0 Å². The first-order valence-corrected chi connectivity index (χ1v) is 11.8. The molecule has 0 aromatic heterocycles. The maximum absolute atomic E-state index is 14.2. The van der Waals surface area contributed by atoms with Crippen molar-refractivity contribution in [2.75, 3.05) is 24.6 Å². The topological polar surface area (TPSA) is 9.23 Å². The fourth-order valence-electron chi connectivity index (χ4n) is 4.04. The molecule has 0 atom stereocenters. The molecule has 0 aliphatic rings. The van der Waals surface area contributed by atoms with Gasteiger partial charge in [-0.25, -0.2) is 0 Å². The molecule has 0 bridgehead atoms. The number of halogens is 5. The summed E-state index contributed by atoms with van der Waals surface area (Å²) in [6.07, 6.45) is 5.36. The van der Waals surface area contributed by atoms with E-state index in [4.69, 9.17) is 4.52 Å². The quantitative estimate of drug-likeness (QED) is 0.185. The number of hydrogen-bond donors (Lipinski definition) is 0. The second kappa shape index (κ2) is 8.66. The van der Waals surface area contributed by atoms with E-state index in [1.54, 1.807) is 0 Å². The third-order valence-electron chi connectivity index (χ3n) is 4.68. The van der Waals surface area contributed by atoms with Crippen molar-refractivity contribution in [3.05, 3.63) is 29.1 Å². The van der Waals surface area contributed by atoms with Gasteiger partial charge in [-0.3, -0.25) is 0 Å². The molecule has 0 aliphatic carbocycles. The van der Waals surface area contributed by atoms with Crippen LogP contribution in [0.3, 0.4) is 0 Å². The standard InChI is InChI=1S/C18H28F5OP/c1-5-9-25(10-6-2,11-7-3,12-8-4)24-18-16(22)14(20)13(19)15(21)17(18)23/h5-12H2,1-4H3. The molecule has 0 unspecified atom stereocenters. The zero-order valence-corrected chi connectivity index (χ0v) is 16.3. The van der Waals surface area contributed by atoms with Gasteiger partial charge in [0.15, 0.2) is 0 Å². The van der Waals surface area contributed by atoms with Gasteiger partial charge in [-0.2, -0.15) is 0 Å². The van der Waals surface area contributed by atoms with Gasteiger partial charge in [-0.1, -0.05) is 0 Å². The minimum atomic E-state index is -3.14. The van der Waals surface area contributed by atoms with E-state index in [2.05, 4.69) is 0 Å². The molecule has 0 saturated heterocycles. The fraction of sp³-hybridized carbons (Fsp3) is 0.667. The second-order valence-electron chi connectivity index (χ2n) is 6.74. The molecule has 0 aliphatic heterocycles. The van der Waals surface area contributed by atoms with Crippen LogP contribution >= 0.6 is 6.83 Å². The molecule has 0 saturated carbocycles. The van der Waals surface area contributed by atoms with Gasteiger partial charge in [0.25, 0.3) is 0 Å². The molecule has 0 heterocycles. The van der Waals surface area contributed by atoms with E-state index < -0.39 is 41.7 Å². The van der Waals surface area contributed by atoms with Crippen molar-refractivity contribution >= 4 is 6.83 Å². The average molecular weight is 386 g/mol. The molecule has 1 aromatic rings. The van der Waals surface area contributed by atoms with Gasteiger partial charge in [-0.05, 0) is 0 Å². The van der Waals surface area contributed by atoms with E-state index in [0.717, 1.165) is 25.7 Å². The van der Waals surface area contributed by atoms with Crippen LogP contribution in [0.2, 0.25) is 0 Å². The van der Waals surface area contributed by atoms with Crippen molar-refractivity contribution in [3.63, 3.8) is 0 Å². The molecule has 146 valence electrons. The van der Waals surface area contributed by atoms with Gasteiger partial charge in [0.05, 0.1) is 0 Å². The Balaban J connectivity index is 3.64. The Labute approximate surface area is 147 Å². The monoisotopic (exact) mass is 386 g/mol. The Morgan fingerprint density at radius 2 is 0.840 bits per heavy atom. The predicted molar refractivity (Wildman–Crippen MR) is 94.4 cm³/mol. The van der Waals surface area contributed by atoms with Crippen LogP contribution in [0.5, 0.6) is 5.75 Å². The summed E-state index contributed by atoms with van der Waals surface area (Å²) < 4.78 is 75.0. The Morgan fingerprint density at radius 3 is 1.12 bits per heavy atom. The van der Waals surface area contributed by atoms with E-state index in [1.807, 2.05) is 27.7 Å². The van der Waals surface area contributed by atoms with E-state index in [9.17, 15) is 22.0 Å². The van der Waals surface area contributed by atoms with Crippen molar-refractivity contribution in [1.82, 2.24) is 0 Å². The van der Waals surface area contributed by atoms with Crippen molar-refractivity contribution in [2.45, 2.75) is 53.4 Å². The zero-order chi connectivity index (χ0) is 19.3. The summed E-state index contributed by atoms with van der Waals surface area (Å²) in [5, 5.41) is 0. The summed E-state index contributed by atoms with van der Waals surface area (Å²) in [6.45, 7) is 4.65. The summed E-state index contributed by atoms with van der Waals surface area (Å²) in [6, 6.07) is 0. The predicted octanol–water partition coefficient (Wildman–Crippen LogP) is 6.87. The average Bonchev–Trinajstić information content (AvgIpc) is 2.56. The van der Waals surface area contributed by atoms with Gasteiger partial charge in [-0.15, -0.1) is 0 Å². The van der Waals surface area contributed by atoms with Crippen LogP contribution in [-0.4, -0.2) is 24.6 Å². The molecule has 1 nitrogen and oxygen atoms in total. The van der Waals surface area contributed by atoms with E-state index in [1.165, 1.54) is 0 Å². The molecular weight excluding hydrogens is 358 g/mol. The Hall–Kier alpha value is -0.900. The van der Waals surface area contributed by atoms with Gasteiger partial charge in [0.1, 0.15) is 0 Å². The van der Waals surface area contributed by atoms with Crippen molar-refractivity contribution in [3.8, 4) is 5.75 Å². The first-order valence-electron chi connectivity index (χ1n) is 8.92. The van der Waals surface area contributed by atoms with E-state index >= 15 is 0 Å². The minimum absolute atomic E-state index is 0.612. The van der Waals surface area contributed by atoms with Crippen molar-refractivity contribution in [2.24, 2.45) is 0 Å². The Kier molecular flexibility index (Phi) is 7.67. The normalized spacial score (nSPS) is 13.6. The number of benzene rings is 1. The molecule has 1 rings (SSSR count). The van der Waals surface area contributed by atoms with Gasteiger partial charge in [0, 0.05) is 0 Å². The SMILES string of the molecule is CCCP(CCC)(CCC)(CCC)Oc1c(F)c(F)c(F)c(F)c1F. The first kappa shape index (κ1) is 22.1. The third-order valence-corrected chi connectivity index (χ3v) is 11.7. The van der Waals surface area contributed by atoms with Crippen LogP contribution in [0.1, 0.15) is 53.4 Å². The molecule has 0 amide bonds. The summed E-state index contributed by atoms with van der Waals surface area (Å²) in [4.78, 5) is 0. The first-order chi connectivity index (χ1) is 11.7. The van der Waals surface area contributed by atoms with Crippen LogP contribution in [0, 0.1) is 29.1 Å². The zero-order valence-electron chi connectivity index (χ0n) is 15.4.